The molecule has 0 spiro atoms. The molecule has 3 rings (SSSR count). The summed E-state index contributed by atoms with van der Waals surface area (Å²) in [5.74, 6) is 0.883. The van der Waals surface area contributed by atoms with Crippen LogP contribution in [-0.4, -0.2) is 23.4 Å². The molecule has 2 aromatic rings. The number of hydrogen-bond donors (Lipinski definition) is 1. The topological polar surface area (TPSA) is 39.1 Å². The summed E-state index contributed by atoms with van der Waals surface area (Å²) < 4.78 is 7.10. The summed E-state index contributed by atoms with van der Waals surface area (Å²) in [4.78, 5) is 0. The van der Waals surface area contributed by atoms with E-state index in [4.69, 9.17) is 4.74 Å². The zero-order valence-electron chi connectivity index (χ0n) is 11.4. The molecule has 1 N–H and O–H groups in total. The highest BCUT2D eigenvalue weighted by molar-refractivity contribution is 5.66. The molecule has 0 amide bonds. The Hall–Kier alpha value is -1.81. The lowest BCUT2D eigenvalue weighted by Crippen LogP contribution is -2.14. The first kappa shape index (κ1) is 12.2. The van der Waals surface area contributed by atoms with Crippen molar-refractivity contribution in [1.82, 2.24) is 15.1 Å². The summed E-state index contributed by atoms with van der Waals surface area (Å²) in [6.45, 7) is 1.09. The lowest BCUT2D eigenvalue weighted by Gasteiger charge is -2.10. The van der Waals surface area contributed by atoms with E-state index < -0.39 is 0 Å². The fraction of sp³-hybridized carbons (Fsp3) is 0.400. The number of aryl methyl sites for hydroxylation is 1. The molecule has 4 nitrogen and oxygen atoms in total. The minimum atomic E-state index is 0.387. The molecule has 1 aromatic heterocycles. The first-order valence-electron chi connectivity index (χ1n) is 6.69. The van der Waals surface area contributed by atoms with Gasteiger partial charge in [0.2, 0.25) is 0 Å². The maximum absolute atomic E-state index is 5.21. The summed E-state index contributed by atoms with van der Waals surface area (Å²) >= 11 is 0. The number of rotatable bonds is 3. The van der Waals surface area contributed by atoms with Gasteiger partial charge in [0.15, 0.2) is 0 Å². The first-order valence-corrected chi connectivity index (χ1v) is 6.69. The van der Waals surface area contributed by atoms with Crippen LogP contribution in [0.1, 0.15) is 24.6 Å². The predicted molar refractivity (Wildman–Crippen MR) is 75.2 cm³/mol. The van der Waals surface area contributed by atoms with E-state index in [1.165, 1.54) is 24.0 Å². The molecule has 4 heteroatoms. The van der Waals surface area contributed by atoms with Crippen LogP contribution in [0, 0.1) is 0 Å². The van der Waals surface area contributed by atoms with Crippen molar-refractivity contribution in [3.05, 3.63) is 36.2 Å². The van der Waals surface area contributed by atoms with Crippen LogP contribution in [0.15, 0.2) is 30.5 Å². The van der Waals surface area contributed by atoms with Crippen LogP contribution in [0.5, 0.6) is 5.75 Å². The molecule has 1 saturated heterocycles. The van der Waals surface area contributed by atoms with Crippen LogP contribution in [0.2, 0.25) is 0 Å². The van der Waals surface area contributed by atoms with Crippen LogP contribution in [-0.2, 0) is 7.05 Å². The van der Waals surface area contributed by atoms with E-state index in [9.17, 15) is 0 Å². The van der Waals surface area contributed by atoms with Crippen LogP contribution in [0.25, 0.3) is 11.1 Å². The maximum Gasteiger partial charge on any atom is 0.118 e. The standard InChI is InChI=1S/C15H19N3O/c1-18-10-13(11-5-7-12(19-2)8-6-11)15(17-18)14-4-3-9-16-14/h5-8,10,14,16H,3-4,9H2,1-2H3. The fourth-order valence-electron chi connectivity index (χ4n) is 2.67. The van der Waals surface area contributed by atoms with Crippen molar-refractivity contribution in [3.8, 4) is 16.9 Å². The number of methoxy groups -OCH3 is 1. The fourth-order valence-corrected chi connectivity index (χ4v) is 2.67. The van der Waals surface area contributed by atoms with Crippen molar-refractivity contribution in [2.75, 3.05) is 13.7 Å². The van der Waals surface area contributed by atoms with Gasteiger partial charge >= 0.3 is 0 Å². The minimum Gasteiger partial charge on any atom is -0.497 e. The average Bonchev–Trinajstić information content (AvgIpc) is 3.07. The van der Waals surface area contributed by atoms with Gasteiger partial charge in [-0.05, 0) is 37.1 Å². The zero-order valence-corrected chi connectivity index (χ0v) is 11.4. The molecule has 0 saturated carbocycles. The van der Waals surface area contributed by atoms with Gasteiger partial charge < -0.3 is 10.1 Å². The van der Waals surface area contributed by atoms with Crippen molar-refractivity contribution in [3.63, 3.8) is 0 Å². The lowest BCUT2D eigenvalue weighted by atomic mass is 10.0. The lowest BCUT2D eigenvalue weighted by molar-refractivity contribution is 0.415. The summed E-state index contributed by atoms with van der Waals surface area (Å²) in [5, 5.41) is 8.15. The molecule has 19 heavy (non-hydrogen) atoms. The molecule has 100 valence electrons. The van der Waals surface area contributed by atoms with Crippen molar-refractivity contribution >= 4 is 0 Å². The Bertz CT molecular complexity index is 553. The molecule has 1 aliphatic heterocycles. The van der Waals surface area contributed by atoms with Crippen molar-refractivity contribution in [2.45, 2.75) is 18.9 Å². The Morgan fingerprint density at radius 2 is 2.11 bits per heavy atom. The summed E-state index contributed by atoms with van der Waals surface area (Å²) in [6, 6.07) is 8.56. The van der Waals surface area contributed by atoms with E-state index in [1.54, 1.807) is 7.11 Å². The van der Waals surface area contributed by atoms with E-state index in [-0.39, 0.29) is 0 Å². The number of nitrogens with one attached hydrogen (secondary N) is 1. The Morgan fingerprint density at radius 1 is 1.32 bits per heavy atom. The molecule has 0 bridgehead atoms. The Labute approximate surface area is 113 Å². The van der Waals surface area contributed by atoms with Gasteiger partial charge in [-0.15, -0.1) is 0 Å². The summed E-state index contributed by atoms with van der Waals surface area (Å²) in [6.07, 6.45) is 4.49. The smallest absolute Gasteiger partial charge is 0.118 e. The molecule has 1 aromatic carbocycles. The monoisotopic (exact) mass is 257 g/mol. The first-order chi connectivity index (χ1) is 9.28. The van der Waals surface area contributed by atoms with Gasteiger partial charge in [0.1, 0.15) is 5.75 Å². The summed E-state index contributed by atoms with van der Waals surface area (Å²) in [7, 11) is 3.67. The predicted octanol–water partition coefficient (Wildman–Crippen LogP) is 2.52. The normalized spacial score (nSPS) is 18.7. The second-order valence-electron chi connectivity index (χ2n) is 4.98. The highest BCUT2D eigenvalue weighted by Crippen LogP contribution is 2.32. The van der Waals surface area contributed by atoms with Gasteiger partial charge in [0.25, 0.3) is 0 Å². The van der Waals surface area contributed by atoms with Gasteiger partial charge in [-0.2, -0.15) is 5.10 Å². The van der Waals surface area contributed by atoms with E-state index in [1.807, 2.05) is 23.9 Å². The highest BCUT2D eigenvalue weighted by atomic mass is 16.5. The van der Waals surface area contributed by atoms with E-state index in [0.29, 0.717) is 6.04 Å². The molecule has 1 atom stereocenters. The Morgan fingerprint density at radius 3 is 2.74 bits per heavy atom. The number of nitrogens with zero attached hydrogens (tertiary/aromatic N) is 2. The largest absolute Gasteiger partial charge is 0.497 e. The van der Waals surface area contributed by atoms with E-state index in [0.717, 1.165) is 18.0 Å². The molecular formula is C15H19N3O. The van der Waals surface area contributed by atoms with Crippen molar-refractivity contribution < 1.29 is 4.74 Å². The van der Waals surface area contributed by atoms with Gasteiger partial charge in [-0.1, -0.05) is 12.1 Å². The van der Waals surface area contributed by atoms with Gasteiger partial charge in [-0.3, -0.25) is 4.68 Å². The Kier molecular flexibility index (Phi) is 3.25. The van der Waals surface area contributed by atoms with Crippen molar-refractivity contribution in [2.24, 2.45) is 7.05 Å². The van der Waals surface area contributed by atoms with Crippen LogP contribution >= 0.6 is 0 Å². The maximum atomic E-state index is 5.21. The SMILES string of the molecule is COc1ccc(-c2cn(C)nc2C2CCCN2)cc1. The van der Waals surface area contributed by atoms with Crippen LogP contribution in [0.4, 0.5) is 0 Å². The highest BCUT2D eigenvalue weighted by Gasteiger charge is 2.22. The molecule has 1 fully saturated rings. The van der Waals surface area contributed by atoms with Crippen LogP contribution in [0.3, 0.4) is 0 Å². The molecule has 1 unspecified atom stereocenters. The number of benzene rings is 1. The molecule has 2 heterocycles. The third-order valence-electron chi connectivity index (χ3n) is 3.65. The molecular weight excluding hydrogens is 238 g/mol. The second-order valence-corrected chi connectivity index (χ2v) is 4.98. The average molecular weight is 257 g/mol. The van der Waals surface area contributed by atoms with Crippen molar-refractivity contribution in [1.29, 1.82) is 0 Å². The van der Waals surface area contributed by atoms with Gasteiger partial charge in [-0.25, -0.2) is 0 Å². The number of ether oxygens (including phenoxy) is 1. The van der Waals surface area contributed by atoms with Gasteiger partial charge in [0.05, 0.1) is 18.8 Å². The second kappa shape index (κ2) is 5.05. The Balaban J connectivity index is 1.98. The third kappa shape index (κ3) is 2.36. The molecule has 1 aliphatic rings. The quantitative estimate of drug-likeness (QED) is 0.918. The molecule has 0 radical (unpaired) electrons. The minimum absolute atomic E-state index is 0.387. The van der Waals surface area contributed by atoms with Crippen LogP contribution < -0.4 is 10.1 Å². The number of hydrogen-bond acceptors (Lipinski definition) is 3. The summed E-state index contributed by atoms with van der Waals surface area (Å²) in [5.41, 5.74) is 3.56. The van der Waals surface area contributed by atoms with Gasteiger partial charge in [0, 0.05) is 18.8 Å². The van der Waals surface area contributed by atoms with E-state index in [2.05, 4.69) is 28.7 Å². The molecule has 0 aliphatic carbocycles. The number of aromatic nitrogens is 2. The third-order valence-corrected chi connectivity index (χ3v) is 3.65. The zero-order chi connectivity index (χ0) is 13.2. The van der Waals surface area contributed by atoms with E-state index >= 15 is 0 Å².